The number of aliphatic hydroxyl groups is 1. The minimum atomic E-state index is -1.21. The van der Waals surface area contributed by atoms with E-state index in [-0.39, 0.29) is 5.91 Å². The summed E-state index contributed by atoms with van der Waals surface area (Å²) in [6.07, 6.45) is 17.0. The highest BCUT2D eigenvalue weighted by atomic mass is 16.3. The zero-order chi connectivity index (χ0) is 26.8. The fourth-order valence-corrected chi connectivity index (χ4v) is 3.67. The van der Waals surface area contributed by atoms with Gasteiger partial charge < -0.3 is 26.4 Å². The van der Waals surface area contributed by atoms with E-state index in [9.17, 15) is 24.3 Å². The first-order chi connectivity index (χ1) is 17.2. The fraction of sp³-hybridized carbons (Fsp3) is 0.630. The molecule has 0 aromatic rings. The third kappa shape index (κ3) is 13.8. The lowest BCUT2D eigenvalue weighted by Gasteiger charge is -2.25. The maximum atomic E-state index is 12.9. The van der Waals surface area contributed by atoms with Gasteiger partial charge in [0.25, 0.3) is 0 Å². The fourth-order valence-electron chi connectivity index (χ4n) is 3.67. The molecule has 0 fully saturated rings. The Balaban J connectivity index is 2.66. The van der Waals surface area contributed by atoms with Crippen molar-refractivity contribution in [1.82, 2.24) is 21.3 Å². The summed E-state index contributed by atoms with van der Waals surface area (Å²) >= 11 is 0. The van der Waals surface area contributed by atoms with Crippen molar-refractivity contribution in [3.8, 4) is 0 Å². The Bertz CT molecular complexity index is 791. The van der Waals surface area contributed by atoms with Gasteiger partial charge in [0.2, 0.25) is 23.6 Å². The van der Waals surface area contributed by atoms with Crippen LogP contribution in [0.1, 0.15) is 78.6 Å². The summed E-state index contributed by atoms with van der Waals surface area (Å²) in [6.45, 7) is 5.77. The smallest absolute Gasteiger partial charge is 0.245 e. The van der Waals surface area contributed by atoms with Crippen molar-refractivity contribution in [1.29, 1.82) is 0 Å². The van der Waals surface area contributed by atoms with Gasteiger partial charge >= 0.3 is 0 Å². The number of carbonyl (C=O) groups is 4. The molecule has 9 heteroatoms. The van der Waals surface area contributed by atoms with E-state index in [1.807, 2.05) is 6.08 Å². The summed E-state index contributed by atoms with van der Waals surface area (Å²) in [4.78, 5) is 49.6. The van der Waals surface area contributed by atoms with Crippen LogP contribution in [-0.4, -0.2) is 59.5 Å². The van der Waals surface area contributed by atoms with Crippen LogP contribution in [0.2, 0.25) is 0 Å². The molecule has 1 aliphatic heterocycles. The van der Waals surface area contributed by atoms with Gasteiger partial charge in [-0.3, -0.25) is 19.2 Å². The largest absolute Gasteiger partial charge is 0.391 e. The maximum Gasteiger partial charge on any atom is 0.245 e. The van der Waals surface area contributed by atoms with E-state index in [0.717, 1.165) is 12.8 Å². The number of unbranched alkanes of at least 4 members (excludes halogenated alkanes) is 5. The summed E-state index contributed by atoms with van der Waals surface area (Å²) < 4.78 is 0. The molecule has 0 aliphatic carbocycles. The predicted octanol–water partition coefficient (Wildman–Crippen LogP) is 2.17. The van der Waals surface area contributed by atoms with Crippen LogP contribution in [0.5, 0.6) is 0 Å². The van der Waals surface area contributed by atoms with Crippen molar-refractivity contribution >= 4 is 23.6 Å². The first-order valence-electron chi connectivity index (χ1n) is 13.1. The lowest BCUT2D eigenvalue weighted by molar-refractivity contribution is -0.133. The lowest BCUT2D eigenvalue weighted by atomic mass is 10.1. The van der Waals surface area contributed by atoms with Crippen LogP contribution < -0.4 is 21.3 Å². The molecule has 9 nitrogen and oxygen atoms in total. The Morgan fingerprint density at radius 3 is 2.64 bits per heavy atom. The third-order valence-electron chi connectivity index (χ3n) is 5.79. The maximum absolute atomic E-state index is 12.9. The Morgan fingerprint density at radius 2 is 1.92 bits per heavy atom. The van der Waals surface area contributed by atoms with Gasteiger partial charge in [0.1, 0.15) is 12.1 Å². The highest BCUT2D eigenvalue weighted by Gasteiger charge is 2.29. The summed E-state index contributed by atoms with van der Waals surface area (Å²) in [7, 11) is 0. The van der Waals surface area contributed by atoms with Crippen molar-refractivity contribution in [2.24, 2.45) is 0 Å². The van der Waals surface area contributed by atoms with Crippen LogP contribution >= 0.6 is 0 Å². The number of rotatable bonds is 12. The van der Waals surface area contributed by atoms with Crippen molar-refractivity contribution in [3.63, 3.8) is 0 Å². The third-order valence-corrected chi connectivity index (χ3v) is 5.79. The van der Waals surface area contributed by atoms with Gasteiger partial charge in [0.15, 0.2) is 0 Å². The SMILES string of the molecule is CCCCCCC/C=C/C=C/C(=O)N[C@H](C(=O)N[C@H]1CCCCNC(=O)/C=C\[C@H](C)NC1=O)[C@@H](C)O. The van der Waals surface area contributed by atoms with E-state index in [1.165, 1.54) is 44.8 Å². The molecule has 0 spiro atoms. The molecular weight excluding hydrogens is 460 g/mol. The molecule has 5 N–H and O–H groups in total. The average Bonchev–Trinajstić information content (AvgIpc) is 2.83. The van der Waals surface area contributed by atoms with Gasteiger partial charge in [-0.1, -0.05) is 56.9 Å². The lowest BCUT2D eigenvalue weighted by Crippen LogP contribution is -2.57. The second-order valence-corrected chi connectivity index (χ2v) is 9.22. The average molecular weight is 505 g/mol. The summed E-state index contributed by atoms with van der Waals surface area (Å²) in [5, 5.41) is 20.8. The second kappa shape index (κ2) is 18.3. The predicted molar refractivity (Wildman–Crippen MR) is 141 cm³/mol. The number of hydrogen-bond acceptors (Lipinski definition) is 5. The standard InChI is InChI=1S/C27H44N4O5/c1-4-5-6-7-8-9-10-11-12-16-24(34)31-25(21(3)32)27(36)30-22-15-13-14-19-28-23(33)18-17-20(2)29-26(22)35/h10-12,16-18,20-22,25,32H,4-9,13-15,19H2,1-3H3,(H,28,33)(H,29,35)(H,30,36)(H,31,34)/b11-10+,16-12+,18-17-/t20-,21+,22-,25-/m0/s1. The number of allylic oxidation sites excluding steroid dienone is 3. The van der Waals surface area contributed by atoms with Crippen LogP contribution in [-0.2, 0) is 19.2 Å². The molecule has 0 saturated carbocycles. The van der Waals surface area contributed by atoms with Crippen molar-refractivity contribution in [2.45, 2.75) is 103 Å². The highest BCUT2D eigenvalue weighted by molar-refractivity contribution is 5.95. The molecule has 0 aromatic carbocycles. The molecule has 0 unspecified atom stereocenters. The van der Waals surface area contributed by atoms with Gasteiger partial charge in [0, 0.05) is 24.7 Å². The molecule has 36 heavy (non-hydrogen) atoms. The molecule has 0 aromatic heterocycles. The van der Waals surface area contributed by atoms with Gasteiger partial charge in [-0.05, 0) is 46.0 Å². The molecule has 4 atom stereocenters. The Kier molecular flexibility index (Phi) is 15.8. The Labute approximate surface area is 215 Å². The minimum absolute atomic E-state index is 0.219. The number of aliphatic hydroxyl groups excluding tert-OH is 1. The van der Waals surface area contributed by atoms with Gasteiger partial charge in [-0.2, -0.15) is 0 Å². The second-order valence-electron chi connectivity index (χ2n) is 9.22. The monoisotopic (exact) mass is 504 g/mol. The van der Waals surface area contributed by atoms with E-state index in [2.05, 4.69) is 28.2 Å². The van der Waals surface area contributed by atoms with Crippen molar-refractivity contribution in [3.05, 3.63) is 36.5 Å². The van der Waals surface area contributed by atoms with E-state index in [4.69, 9.17) is 0 Å². The molecule has 4 amide bonds. The zero-order valence-electron chi connectivity index (χ0n) is 21.9. The number of carbonyl (C=O) groups excluding carboxylic acids is 4. The van der Waals surface area contributed by atoms with Crippen LogP contribution in [0.15, 0.2) is 36.5 Å². The molecule has 0 radical (unpaired) electrons. The molecule has 202 valence electrons. The Hall–Kier alpha value is -2.94. The molecule has 1 heterocycles. The molecule has 0 saturated heterocycles. The van der Waals surface area contributed by atoms with Gasteiger partial charge in [-0.25, -0.2) is 0 Å². The van der Waals surface area contributed by atoms with Gasteiger partial charge in [-0.15, -0.1) is 0 Å². The van der Waals surface area contributed by atoms with E-state index in [0.29, 0.717) is 25.8 Å². The number of hydrogen-bond donors (Lipinski definition) is 5. The molecular formula is C27H44N4O5. The zero-order valence-corrected chi connectivity index (χ0v) is 21.9. The van der Waals surface area contributed by atoms with E-state index < -0.39 is 42.0 Å². The van der Waals surface area contributed by atoms with Crippen LogP contribution in [0.25, 0.3) is 0 Å². The first kappa shape index (κ1) is 31.1. The number of nitrogens with one attached hydrogen (secondary N) is 4. The molecule has 1 rings (SSSR count). The van der Waals surface area contributed by atoms with Crippen LogP contribution in [0.3, 0.4) is 0 Å². The van der Waals surface area contributed by atoms with Crippen LogP contribution in [0, 0.1) is 0 Å². The molecule has 1 aliphatic rings. The summed E-state index contributed by atoms with van der Waals surface area (Å²) in [5.41, 5.74) is 0. The quantitative estimate of drug-likeness (QED) is 0.158. The normalized spacial score (nSPS) is 22.1. The van der Waals surface area contributed by atoms with Crippen molar-refractivity contribution < 1.29 is 24.3 Å². The minimum Gasteiger partial charge on any atom is -0.391 e. The molecule has 0 bridgehead atoms. The highest BCUT2D eigenvalue weighted by Crippen LogP contribution is 2.06. The van der Waals surface area contributed by atoms with E-state index >= 15 is 0 Å². The van der Waals surface area contributed by atoms with Crippen LogP contribution in [0.4, 0.5) is 0 Å². The van der Waals surface area contributed by atoms with E-state index in [1.54, 1.807) is 25.2 Å². The summed E-state index contributed by atoms with van der Waals surface area (Å²) in [5.74, 6) is -1.76. The number of amides is 4. The van der Waals surface area contributed by atoms with Crippen molar-refractivity contribution in [2.75, 3.05) is 6.54 Å². The van der Waals surface area contributed by atoms with Gasteiger partial charge in [0.05, 0.1) is 6.10 Å². The Morgan fingerprint density at radius 1 is 1.17 bits per heavy atom. The topological polar surface area (TPSA) is 137 Å². The summed E-state index contributed by atoms with van der Waals surface area (Å²) in [6, 6.07) is -2.46. The first-order valence-corrected chi connectivity index (χ1v) is 13.1.